The van der Waals surface area contributed by atoms with Crippen LogP contribution in [-0.4, -0.2) is 19.4 Å². The maximum absolute atomic E-state index is 10.4. The Morgan fingerprint density at radius 3 is 2.75 bits per heavy atom. The van der Waals surface area contributed by atoms with Gasteiger partial charge in [0.1, 0.15) is 12.0 Å². The fourth-order valence-corrected chi connectivity index (χ4v) is 1.58. The van der Waals surface area contributed by atoms with Crippen molar-refractivity contribution in [1.82, 2.24) is 0 Å². The molecule has 0 amide bonds. The van der Waals surface area contributed by atoms with Crippen molar-refractivity contribution in [2.75, 3.05) is 12.4 Å². The van der Waals surface area contributed by atoms with Crippen molar-refractivity contribution in [1.29, 1.82) is 0 Å². The van der Waals surface area contributed by atoms with E-state index in [9.17, 15) is 4.79 Å². The van der Waals surface area contributed by atoms with E-state index in [0.717, 1.165) is 29.7 Å². The molecule has 0 aliphatic carbocycles. The second-order valence-electron chi connectivity index (χ2n) is 3.94. The van der Waals surface area contributed by atoms with Crippen LogP contribution < -0.4 is 10.1 Å². The van der Waals surface area contributed by atoms with Crippen molar-refractivity contribution in [2.45, 2.75) is 32.8 Å². The number of nitrogens with one attached hydrogen (secondary N) is 1. The summed E-state index contributed by atoms with van der Waals surface area (Å²) in [6.07, 6.45) is 2.39. The van der Waals surface area contributed by atoms with Crippen molar-refractivity contribution in [3.63, 3.8) is 0 Å². The zero-order valence-electron chi connectivity index (χ0n) is 10.1. The minimum atomic E-state index is 0.166. The number of rotatable bonds is 6. The quantitative estimate of drug-likeness (QED) is 0.750. The van der Waals surface area contributed by atoms with E-state index >= 15 is 0 Å². The summed E-state index contributed by atoms with van der Waals surface area (Å²) < 4.78 is 5.62. The Hall–Kier alpha value is -1.51. The minimum Gasteiger partial charge on any atom is -0.491 e. The van der Waals surface area contributed by atoms with Gasteiger partial charge in [0, 0.05) is 19.2 Å². The van der Waals surface area contributed by atoms with Gasteiger partial charge in [-0.2, -0.15) is 0 Å². The average molecular weight is 221 g/mol. The summed E-state index contributed by atoms with van der Waals surface area (Å²) in [4.78, 5) is 10.4. The first-order valence-corrected chi connectivity index (χ1v) is 5.58. The van der Waals surface area contributed by atoms with E-state index < -0.39 is 0 Å². The van der Waals surface area contributed by atoms with Crippen molar-refractivity contribution in [2.24, 2.45) is 0 Å². The highest BCUT2D eigenvalue weighted by Crippen LogP contribution is 2.23. The number of aryl methyl sites for hydroxylation is 1. The minimum absolute atomic E-state index is 0.166. The molecule has 0 saturated carbocycles. The van der Waals surface area contributed by atoms with Gasteiger partial charge < -0.3 is 14.8 Å². The molecular weight excluding hydrogens is 202 g/mol. The topological polar surface area (TPSA) is 38.3 Å². The normalized spacial score (nSPS) is 10.2. The molecule has 0 unspecified atom stereocenters. The van der Waals surface area contributed by atoms with Crippen molar-refractivity contribution in [3.05, 3.63) is 23.8 Å². The summed E-state index contributed by atoms with van der Waals surface area (Å²) in [5.74, 6) is 0.856. The lowest BCUT2D eigenvalue weighted by atomic mass is 10.1. The number of benzene rings is 1. The number of carbonyl (C=O) groups excluding carboxylic acids is 1. The molecule has 3 heteroatoms. The second kappa shape index (κ2) is 6.16. The molecule has 0 bridgehead atoms. The standard InChI is InChI=1S/C13H19NO2/c1-10(2)16-12-6-7-13(14-3)11(9-12)5-4-8-15/h6-10,14H,4-5H2,1-3H3. The van der Waals surface area contributed by atoms with E-state index in [1.807, 2.05) is 39.1 Å². The van der Waals surface area contributed by atoms with Crippen LogP contribution in [0.5, 0.6) is 5.75 Å². The van der Waals surface area contributed by atoms with Crippen LogP contribution in [0, 0.1) is 0 Å². The van der Waals surface area contributed by atoms with Gasteiger partial charge in [-0.3, -0.25) is 0 Å². The summed E-state index contributed by atoms with van der Waals surface area (Å²) in [7, 11) is 1.88. The third-order valence-electron chi connectivity index (χ3n) is 2.25. The summed E-state index contributed by atoms with van der Waals surface area (Å²) in [5.41, 5.74) is 2.17. The maximum Gasteiger partial charge on any atom is 0.120 e. The fraction of sp³-hybridized carbons (Fsp3) is 0.462. The molecule has 16 heavy (non-hydrogen) atoms. The van der Waals surface area contributed by atoms with Gasteiger partial charge in [0.15, 0.2) is 0 Å². The molecule has 0 aliphatic heterocycles. The molecule has 0 saturated heterocycles. The van der Waals surface area contributed by atoms with Crippen LogP contribution in [0.15, 0.2) is 18.2 Å². The fourth-order valence-electron chi connectivity index (χ4n) is 1.58. The molecule has 0 heterocycles. The Bertz CT molecular complexity index is 348. The molecule has 1 aromatic rings. The molecule has 3 nitrogen and oxygen atoms in total. The van der Waals surface area contributed by atoms with Crippen LogP contribution >= 0.6 is 0 Å². The highest BCUT2D eigenvalue weighted by atomic mass is 16.5. The summed E-state index contributed by atoms with van der Waals surface area (Å²) >= 11 is 0. The van der Waals surface area contributed by atoms with Gasteiger partial charge in [-0.1, -0.05) is 0 Å². The molecule has 0 fully saturated rings. The first kappa shape index (κ1) is 12.6. The Kier molecular flexibility index (Phi) is 4.83. The molecule has 0 spiro atoms. The lowest BCUT2D eigenvalue weighted by molar-refractivity contribution is -0.107. The number of ether oxygens (including phenoxy) is 1. The van der Waals surface area contributed by atoms with E-state index in [1.165, 1.54) is 0 Å². The van der Waals surface area contributed by atoms with Crippen molar-refractivity contribution in [3.8, 4) is 5.75 Å². The first-order chi connectivity index (χ1) is 7.67. The lowest BCUT2D eigenvalue weighted by Gasteiger charge is -2.13. The van der Waals surface area contributed by atoms with Crippen LogP contribution in [0.2, 0.25) is 0 Å². The van der Waals surface area contributed by atoms with E-state index in [0.29, 0.717) is 6.42 Å². The largest absolute Gasteiger partial charge is 0.491 e. The van der Waals surface area contributed by atoms with Gasteiger partial charge in [-0.15, -0.1) is 0 Å². The van der Waals surface area contributed by atoms with Gasteiger partial charge >= 0.3 is 0 Å². The molecule has 1 N–H and O–H groups in total. The van der Waals surface area contributed by atoms with E-state index in [4.69, 9.17) is 4.74 Å². The smallest absolute Gasteiger partial charge is 0.120 e. The number of carbonyl (C=O) groups is 1. The summed E-state index contributed by atoms with van der Waals surface area (Å²) in [6.45, 7) is 3.99. The molecule has 0 aromatic heterocycles. The van der Waals surface area contributed by atoms with Crippen LogP contribution in [0.3, 0.4) is 0 Å². The number of aldehydes is 1. The van der Waals surface area contributed by atoms with Gasteiger partial charge in [0.2, 0.25) is 0 Å². The van der Waals surface area contributed by atoms with E-state index in [1.54, 1.807) is 0 Å². The van der Waals surface area contributed by atoms with E-state index in [-0.39, 0.29) is 6.10 Å². The zero-order valence-corrected chi connectivity index (χ0v) is 10.1. The first-order valence-electron chi connectivity index (χ1n) is 5.58. The molecular formula is C13H19NO2. The molecule has 0 atom stereocenters. The predicted octanol–water partition coefficient (Wildman–Crippen LogP) is 2.65. The van der Waals surface area contributed by atoms with Crippen LogP contribution in [-0.2, 0) is 11.2 Å². The monoisotopic (exact) mass is 221 g/mol. The molecule has 0 radical (unpaired) electrons. The molecule has 1 rings (SSSR count). The maximum atomic E-state index is 10.4. The van der Waals surface area contributed by atoms with Gasteiger partial charge in [-0.25, -0.2) is 0 Å². The number of hydrogen-bond donors (Lipinski definition) is 1. The average Bonchev–Trinajstić information content (AvgIpc) is 2.25. The highest BCUT2D eigenvalue weighted by molar-refractivity contribution is 5.57. The Balaban J connectivity index is 2.86. The van der Waals surface area contributed by atoms with E-state index in [2.05, 4.69) is 5.32 Å². The van der Waals surface area contributed by atoms with Crippen molar-refractivity contribution >= 4 is 12.0 Å². The second-order valence-corrected chi connectivity index (χ2v) is 3.94. The number of anilines is 1. The third-order valence-corrected chi connectivity index (χ3v) is 2.25. The van der Waals surface area contributed by atoms with Gasteiger partial charge in [0.05, 0.1) is 6.10 Å². The SMILES string of the molecule is CNc1ccc(OC(C)C)cc1CCC=O. The van der Waals surface area contributed by atoms with Crippen LogP contribution in [0.1, 0.15) is 25.8 Å². The van der Waals surface area contributed by atoms with Crippen LogP contribution in [0.25, 0.3) is 0 Å². The molecule has 88 valence electrons. The Morgan fingerprint density at radius 2 is 2.19 bits per heavy atom. The van der Waals surface area contributed by atoms with Crippen molar-refractivity contribution < 1.29 is 9.53 Å². The molecule has 0 aliphatic rings. The Labute approximate surface area is 96.8 Å². The van der Waals surface area contributed by atoms with Gasteiger partial charge in [-0.05, 0) is 44.0 Å². The molecule has 1 aromatic carbocycles. The predicted molar refractivity (Wildman–Crippen MR) is 66.1 cm³/mol. The Morgan fingerprint density at radius 1 is 1.44 bits per heavy atom. The van der Waals surface area contributed by atoms with Crippen LogP contribution in [0.4, 0.5) is 5.69 Å². The highest BCUT2D eigenvalue weighted by Gasteiger charge is 2.04. The zero-order chi connectivity index (χ0) is 12.0. The lowest BCUT2D eigenvalue weighted by Crippen LogP contribution is -2.06. The number of hydrogen-bond acceptors (Lipinski definition) is 3. The summed E-state index contributed by atoms with van der Waals surface area (Å²) in [6, 6.07) is 5.92. The van der Waals surface area contributed by atoms with Gasteiger partial charge in [0.25, 0.3) is 0 Å². The summed E-state index contributed by atoms with van der Waals surface area (Å²) in [5, 5.41) is 3.11. The third kappa shape index (κ3) is 3.57.